The van der Waals surface area contributed by atoms with E-state index in [1.165, 1.54) is 4.90 Å². The molecule has 3 fully saturated rings. The monoisotopic (exact) mass is 649 g/mol. The van der Waals surface area contributed by atoms with Crippen molar-refractivity contribution in [1.29, 1.82) is 0 Å². The summed E-state index contributed by atoms with van der Waals surface area (Å²) in [5.41, 5.74) is 4.33. The molecule has 0 bridgehead atoms. The number of ether oxygens (including phenoxy) is 1. The predicted molar refractivity (Wildman–Crippen MR) is 174 cm³/mol. The summed E-state index contributed by atoms with van der Waals surface area (Å²) >= 11 is 0. The SMILES string of the molecule is O=C(O)[C@@H]1c2ccccc2CC(=O)N1CC1CC1.O=C1Cc2ccccc2[C@@H](C(=O)N2C(=O)OC[C@@H]2Cc2ccccc2)N1CC1CC1. The van der Waals surface area contributed by atoms with Crippen molar-refractivity contribution < 1.29 is 33.8 Å². The lowest BCUT2D eigenvalue weighted by Crippen LogP contribution is -2.51. The van der Waals surface area contributed by atoms with Crippen molar-refractivity contribution in [3.8, 4) is 0 Å². The van der Waals surface area contributed by atoms with Gasteiger partial charge in [-0.05, 0) is 71.8 Å². The van der Waals surface area contributed by atoms with E-state index in [1.54, 1.807) is 9.80 Å². The van der Waals surface area contributed by atoms with Crippen molar-refractivity contribution in [2.45, 2.75) is 63.1 Å². The van der Waals surface area contributed by atoms with Crippen molar-refractivity contribution in [2.24, 2.45) is 11.8 Å². The van der Waals surface area contributed by atoms with Gasteiger partial charge in [-0.15, -0.1) is 0 Å². The van der Waals surface area contributed by atoms with Gasteiger partial charge in [-0.2, -0.15) is 0 Å². The van der Waals surface area contributed by atoms with Crippen LogP contribution in [-0.2, 0) is 43.2 Å². The quantitative estimate of drug-likeness (QED) is 0.375. The van der Waals surface area contributed by atoms with Crippen LogP contribution in [0.15, 0.2) is 78.9 Å². The van der Waals surface area contributed by atoms with Crippen LogP contribution in [-0.4, -0.2) is 75.3 Å². The van der Waals surface area contributed by atoms with Crippen LogP contribution in [0.25, 0.3) is 0 Å². The van der Waals surface area contributed by atoms with Gasteiger partial charge in [0.15, 0.2) is 6.04 Å². The third kappa shape index (κ3) is 6.56. The topological polar surface area (TPSA) is 125 Å². The third-order valence-electron chi connectivity index (χ3n) is 9.93. The van der Waals surface area contributed by atoms with Crippen LogP contribution in [0, 0.1) is 11.8 Å². The Morgan fingerprint density at radius 1 is 0.688 bits per heavy atom. The molecule has 0 spiro atoms. The minimum Gasteiger partial charge on any atom is -0.479 e. The number of cyclic esters (lactones) is 1. The second kappa shape index (κ2) is 13.3. The van der Waals surface area contributed by atoms with E-state index in [9.17, 15) is 29.1 Å². The Hall–Kier alpha value is -4.99. The first-order valence-corrected chi connectivity index (χ1v) is 16.8. The van der Waals surface area contributed by atoms with Gasteiger partial charge in [0.05, 0.1) is 18.9 Å². The fourth-order valence-electron chi connectivity index (χ4n) is 7.08. The zero-order valence-electron chi connectivity index (χ0n) is 26.7. The molecule has 3 aliphatic heterocycles. The van der Waals surface area contributed by atoms with E-state index < -0.39 is 24.1 Å². The number of carboxylic acids is 1. The molecule has 10 nitrogen and oxygen atoms in total. The lowest BCUT2D eigenvalue weighted by atomic mass is 9.90. The lowest BCUT2D eigenvalue weighted by Gasteiger charge is -2.38. The Kier molecular flexibility index (Phi) is 8.73. The predicted octanol–water partition coefficient (Wildman–Crippen LogP) is 4.72. The number of carboxylic acid groups (broad SMARTS) is 1. The largest absolute Gasteiger partial charge is 0.479 e. The number of hydrogen-bond acceptors (Lipinski definition) is 6. The summed E-state index contributed by atoms with van der Waals surface area (Å²) in [6, 6.07) is 22.7. The van der Waals surface area contributed by atoms with Crippen LogP contribution in [0.1, 0.15) is 65.6 Å². The standard InChI is InChI=1S/C24H24N2O4.C14H15NO3/c27-21-13-18-8-4-5-9-20(18)22(25(21)14-17-10-11-17)23(28)26-19(15-30-24(26)29)12-16-6-2-1-3-7-16;16-12-7-10-3-1-2-4-11(10)13(14(17)18)15(12)8-9-5-6-9/h1-9,17,19,22H,10-15H2;1-4,9,13H,5-8H2,(H,17,18)/t19-,22-;13-/m00/s1. The van der Waals surface area contributed by atoms with Crippen molar-refractivity contribution in [3.63, 3.8) is 0 Å². The lowest BCUT2D eigenvalue weighted by molar-refractivity contribution is -0.151. The Morgan fingerprint density at radius 2 is 1.19 bits per heavy atom. The summed E-state index contributed by atoms with van der Waals surface area (Å²) in [6.45, 7) is 1.32. The highest BCUT2D eigenvalue weighted by atomic mass is 16.6. The van der Waals surface area contributed by atoms with E-state index in [4.69, 9.17) is 4.74 Å². The summed E-state index contributed by atoms with van der Waals surface area (Å²) in [7, 11) is 0. The van der Waals surface area contributed by atoms with E-state index in [0.29, 0.717) is 44.2 Å². The first-order valence-electron chi connectivity index (χ1n) is 16.8. The van der Waals surface area contributed by atoms with E-state index in [-0.39, 0.29) is 30.4 Å². The smallest absolute Gasteiger partial charge is 0.417 e. The Bertz CT molecular complexity index is 1730. The molecule has 2 aliphatic carbocycles. The number of benzene rings is 3. The fourth-order valence-corrected chi connectivity index (χ4v) is 7.08. The third-order valence-corrected chi connectivity index (χ3v) is 9.93. The number of carbonyl (C=O) groups is 5. The molecule has 5 aliphatic rings. The molecule has 3 aromatic carbocycles. The number of rotatable bonds is 8. The molecule has 10 heteroatoms. The molecule has 8 rings (SSSR count). The molecule has 1 saturated heterocycles. The van der Waals surface area contributed by atoms with E-state index in [0.717, 1.165) is 53.5 Å². The minimum atomic E-state index is -0.934. The van der Waals surface area contributed by atoms with Crippen molar-refractivity contribution in [3.05, 3.63) is 107 Å². The number of amides is 4. The zero-order chi connectivity index (χ0) is 33.4. The minimum absolute atomic E-state index is 0.0499. The van der Waals surface area contributed by atoms with Crippen LogP contribution in [0.4, 0.5) is 4.79 Å². The molecule has 0 aromatic heterocycles. The molecule has 3 aromatic rings. The molecular weight excluding hydrogens is 610 g/mol. The molecule has 0 unspecified atom stereocenters. The fraction of sp³-hybridized carbons (Fsp3) is 0.395. The highest BCUT2D eigenvalue weighted by Crippen LogP contribution is 2.39. The van der Waals surface area contributed by atoms with E-state index in [2.05, 4.69) is 0 Å². The second-order valence-corrected chi connectivity index (χ2v) is 13.5. The van der Waals surface area contributed by atoms with Gasteiger partial charge in [0, 0.05) is 13.1 Å². The van der Waals surface area contributed by atoms with Gasteiger partial charge in [-0.25, -0.2) is 14.5 Å². The van der Waals surface area contributed by atoms with Gasteiger partial charge in [0.1, 0.15) is 12.6 Å². The second-order valence-electron chi connectivity index (χ2n) is 13.5. The van der Waals surface area contributed by atoms with Gasteiger partial charge in [-0.1, -0.05) is 78.9 Å². The van der Waals surface area contributed by atoms with Gasteiger partial charge in [0.2, 0.25) is 11.8 Å². The van der Waals surface area contributed by atoms with E-state index >= 15 is 0 Å². The van der Waals surface area contributed by atoms with Crippen molar-refractivity contribution >= 4 is 29.8 Å². The van der Waals surface area contributed by atoms with Crippen molar-refractivity contribution in [2.75, 3.05) is 19.7 Å². The normalized spacial score (nSPS) is 23.1. The van der Waals surface area contributed by atoms with E-state index in [1.807, 2.05) is 78.9 Å². The highest BCUT2D eigenvalue weighted by molar-refractivity contribution is 6.00. The number of aliphatic carboxylic acids is 1. The number of hydrogen-bond donors (Lipinski definition) is 1. The molecule has 0 radical (unpaired) electrons. The van der Waals surface area contributed by atoms with Gasteiger partial charge in [-0.3, -0.25) is 14.4 Å². The number of carbonyl (C=O) groups excluding carboxylic acids is 4. The molecule has 3 heterocycles. The maximum absolute atomic E-state index is 13.8. The molecule has 1 N–H and O–H groups in total. The molecule has 4 amide bonds. The average molecular weight is 650 g/mol. The Balaban J connectivity index is 0.000000172. The zero-order valence-corrected chi connectivity index (χ0v) is 26.7. The van der Waals surface area contributed by atoms with Crippen LogP contribution in [0.5, 0.6) is 0 Å². The van der Waals surface area contributed by atoms with Gasteiger partial charge < -0.3 is 19.6 Å². The first-order chi connectivity index (χ1) is 23.3. The maximum Gasteiger partial charge on any atom is 0.417 e. The number of fused-ring (bicyclic) bond motifs is 2. The molecule has 2 saturated carbocycles. The summed E-state index contributed by atoms with van der Waals surface area (Å²) < 4.78 is 5.27. The van der Waals surface area contributed by atoms with Crippen molar-refractivity contribution in [1.82, 2.24) is 14.7 Å². The van der Waals surface area contributed by atoms with Crippen LogP contribution in [0.2, 0.25) is 0 Å². The summed E-state index contributed by atoms with van der Waals surface area (Å²) in [5, 5.41) is 9.41. The molecule has 3 atom stereocenters. The molecule has 248 valence electrons. The van der Waals surface area contributed by atoms with Crippen LogP contribution in [0.3, 0.4) is 0 Å². The summed E-state index contributed by atoms with van der Waals surface area (Å²) in [4.78, 5) is 67.3. The summed E-state index contributed by atoms with van der Waals surface area (Å²) in [5.74, 6) is -0.462. The summed E-state index contributed by atoms with van der Waals surface area (Å²) in [6.07, 6.45) is 4.90. The highest BCUT2D eigenvalue weighted by Gasteiger charge is 2.47. The van der Waals surface area contributed by atoms with Crippen LogP contribution >= 0.6 is 0 Å². The van der Waals surface area contributed by atoms with Gasteiger partial charge >= 0.3 is 12.1 Å². The number of nitrogens with zero attached hydrogens (tertiary/aromatic N) is 3. The first kappa shape index (κ1) is 31.6. The Morgan fingerprint density at radius 3 is 1.73 bits per heavy atom. The molecule has 48 heavy (non-hydrogen) atoms. The maximum atomic E-state index is 13.8. The molecular formula is C38H39N3O7. The average Bonchev–Trinajstić information content (AvgIpc) is 4.02. The Labute approximate surface area is 279 Å². The van der Waals surface area contributed by atoms with Gasteiger partial charge in [0.25, 0.3) is 5.91 Å². The van der Waals surface area contributed by atoms with Crippen LogP contribution < -0.4 is 0 Å². The number of imide groups is 1.